The van der Waals surface area contributed by atoms with E-state index in [0.717, 1.165) is 0 Å². The van der Waals surface area contributed by atoms with Gasteiger partial charge in [-0.25, -0.2) is 9.59 Å². The molecule has 0 aliphatic rings. The molecule has 1 N–H and O–H groups in total. The van der Waals surface area contributed by atoms with Gasteiger partial charge in [-0.1, -0.05) is 34.6 Å². The van der Waals surface area contributed by atoms with E-state index in [4.69, 9.17) is 10.1 Å². The lowest BCUT2D eigenvalue weighted by molar-refractivity contribution is -0.322. The monoisotopic (exact) mass is 320 g/mol. The highest BCUT2D eigenvalue weighted by molar-refractivity contribution is 5.76. The van der Waals surface area contributed by atoms with Crippen LogP contribution in [0, 0.1) is 16.7 Å². The zero-order chi connectivity index (χ0) is 18.4. The van der Waals surface area contributed by atoms with Crippen molar-refractivity contribution in [3.8, 4) is 0 Å². The Balaban J connectivity index is 0. The van der Waals surface area contributed by atoms with Crippen molar-refractivity contribution in [2.75, 3.05) is 0 Å². The van der Waals surface area contributed by atoms with Gasteiger partial charge in [-0.3, -0.25) is 4.89 Å². The van der Waals surface area contributed by atoms with Gasteiger partial charge in [-0.2, -0.15) is 10.1 Å². The molecule has 0 spiro atoms. The van der Waals surface area contributed by atoms with Gasteiger partial charge in [-0.15, -0.1) is 0 Å². The van der Waals surface area contributed by atoms with E-state index in [9.17, 15) is 9.59 Å². The molecule has 0 bridgehead atoms. The molecule has 0 heterocycles. The highest BCUT2D eigenvalue weighted by atomic mass is 17.2. The van der Waals surface area contributed by atoms with E-state index in [1.807, 2.05) is 41.5 Å². The van der Waals surface area contributed by atoms with Crippen LogP contribution in [0.15, 0.2) is 0 Å². The molecule has 0 radical (unpaired) electrons. The van der Waals surface area contributed by atoms with Crippen molar-refractivity contribution in [1.29, 1.82) is 0 Å². The summed E-state index contributed by atoms with van der Waals surface area (Å²) in [5.74, 6) is -1.07. The minimum atomic E-state index is -0.665. The molecule has 0 unspecified atom stereocenters. The van der Waals surface area contributed by atoms with Crippen molar-refractivity contribution in [2.24, 2.45) is 16.7 Å². The van der Waals surface area contributed by atoms with Gasteiger partial charge in [0, 0.05) is 0 Å². The standard InChI is InChI=1S/2C8H16O3/c1-7(2,3)8(4,5)6(9)11-10;1-6(2)7(9)10-11-8(3,4)5/h10H,1-5H3;6H,1-5H3. The Hall–Kier alpha value is -1.14. The van der Waals surface area contributed by atoms with E-state index < -0.39 is 17.0 Å². The van der Waals surface area contributed by atoms with Crippen molar-refractivity contribution in [3.63, 3.8) is 0 Å². The predicted octanol–water partition coefficient (Wildman–Crippen LogP) is 3.99. The van der Waals surface area contributed by atoms with Gasteiger partial charge in [0.25, 0.3) is 0 Å². The molecule has 0 fully saturated rings. The van der Waals surface area contributed by atoms with Gasteiger partial charge in [0.2, 0.25) is 0 Å². The lowest BCUT2D eigenvalue weighted by Gasteiger charge is -2.34. The van der Waals surface area contributed by atoms with Crippen LogP contribution in [0.4, 0.5) is 0 Å². The van der Waals surface area contributed by atoms with Crippen LogP contribution in [0.1, 0.15) is 69.2 Å². The fourth-order valence-electron chi connectivity index (χ4n) is 0.683. The number of rotatable bonds is 3. The Bertz CT molecular complexity index is 358. The molecule has 132 valence electrons. The van der Waals surface area contributed by atoms with Gasteiger partial charge in [0.05, 0.1) is 11.3 Å². The van der Waals surface area contributed by atoms with E-state index in [2.05, 4.69) is 9.78 Å². The van der Waals surface area contributed by atoms with Crippen LogP contribution >= 0.6 is 0 Å². The number of hydrogen-bond donors (Lipinski definition) is 1. The summed E-state index contributed by atoms with van der Waals surface area (Å²) in [5, 5.41) is 8.18. The van der Waals surface area contributed by atoms with E-state index in [0.29, 0.717) is 0 Å². The molecule has 0 saturated carbocycles. The quantitative estimate of drug-likeness (QED) is 0.625. The van der Waals surface area contributed by atoms with Crippen LogP contribution in [-0.4, -0.2) is 22.8 Å². The molecular weight excluding hydrogens is 288 g/mol. The third kappa shape index (κ3) is 9.00. The summed E-state index contributed by atoms with van der Waals surface area (Å²) in [6.45, 7) is 18.2. The van der Waals surface area contributed by atoms with Crippen molar-refractivity contribution in [1.82, 2.24) is 0 Å². The molecule has 22 heavy (non-hydrogen) atoms. The molecule has 0 aromatic carbocycles. The minimum Gasteiger partial charge on any atom is -0.300 e. The summed E-state index contributed by atoms with van der Waals surface area (Å²) in [5.41, 5.74) is -1.31. The molecule has 0 atom stereocenters. The largest absolute Gasteiger partial charge is 0.348 e. The normalized spacial score (nSPS) is 12.4. The predicted molar refractivity (Wildman–Crippen MR) is 83.7 cm³/mol. The maximum atomic E-state index is 11.0. The van der Waals surface area contributed by atoms with E-state index in [1.54, 1.807) is 27.7 Å². The number of hydrogen-bond acceptors (Lipinski definition) is 6. The molecule has 0 aromatic rings. The summed E-state index contributed by atoms with van der Waals surface area (Å²) in [7, 11) is 0. The van der Waals surface area contributed by atoms with Crippen molar-refractivity contribution < 1.29 is 29.5 Å². The Morgan fingerprint density at radius 1 is 0.909 bits per heavy atom. The molecule has 0 aliphatic heterocycles. The van der Waals surface area contributed by atoms with Gasteiger partial charge in [0.1, 0.15) is 5.60 Å². The highest BCUT2D eigenvalue weighted by Crippen LogP contribution is 2.38. The van der Waals surface area contributed by atoms with E-state index >= 15 is 0 Å². The number of carbonyl (C=O) groups excluding carboxylic acids is 2. The Kier molecular flexibility index (Phi) is 8.92. The van der Waals surface area contributed by atoms with E-state index in [1.165, 1.54) is 0 Å². The topological polar surface area (TPSA) is 82.1 Å². The van der Waals surface area contributed by atoms with Crippen molar-refractivity contribution >= 4 is 11.9 Å². The summed E-state index contributed by atoms with van der Waals surface area (Å²) < 4.78 is 0. The van der Waals surface area contributed by atoms with Gasteiger partial charge in [0.15, 0.2) is 0 Å². The minimum absolute atomic E-state index is 0.141. The fraction of sp³-hybridized carbons (Fsp3) is 0.875. The molecule has 0 aliphatic carbocycles. The Labute approximate surface area is 134 Å². The van der Waals surface area contributed by atoms with Crippen LogP contribution < -0.4 is 0 Å². The molecule has 0 rings (SSSR count). The zero-order valence-electron chi connectivity index (χ0n) is 15.6. The third-order valence-electron chi connectivity index (χ3n) is 3.31. The second-order valence-electron chi connectivity index (χ2n) is 8.01. The molecule has 0 amide bonds. The maximum Gasteiger partial charge on any atom is 0.348 e. The average molecular weight is 320 g/mol. The first-order valence-corrected chi connectivity index (χ1v) is 7.31. The van der Waals surface area contributed by atoms with Gasteiger partial charge >= 0.3 is 11.9 Å². The summed E-state index contributed by atoms with van der Waals surface area (Å²) in [6.07, 6.45) is 0. The Morgan fingerprint density at radius 2 is 1.32 bits per heavy atom. The lowest BCUT2D eigenvalue weighted by atomic mass is 9.69. The first-order chi connectivity index (χ1) is 9.56. The second-order valence-corrected chi connectivity index (χ2v) is 8.01. The molecular formula is C16H32O6. The highest BCUT2D eigenvalue weighted by Gasteiger charge is 2.41. The van der Waals surface area contributed by atoms with Crippen LogP contribution in [0.2, 0.25) is 0 Å². The lowest BCUT2D eigenvalue weighted by Crippen LogP contribution is -2.38. The van der Waals surface area contributed by atoms with Gasteiger partial charge in [-0.05, 0) is 40.0 Å². The average Bonchev–Trinajstić information content (AvgIpc) is 2.33. The van der Waals surface area contributed by atoms with Crippen LogP contribution in [0.25, 0.3) is 0 Å². The van der Waals surface area contributed by atoms with Crippen LogP contribution in [-0.2, 0) is 24.3 Å². The summed E-state index contributed by atoms with van der Waals surface area (Å²) >= 11 is 0. The van der Waals surface area contributed by atoms with Crippen molar-refractivity contribution in [3.05, 3.63) is 0 Å². The van der Waals surface area contributed by atoms with E-state index in [-0.39, 0.29) is 17.3 Å². The first-order valence-electron chi connectivity index (χ1n) is 7.31. The summed E-state index contributed by atoms with van der Waals surface area (Å²) in [4.78, 5) is 34.9. The van der Waals surface area contributed by atoms with Crippen LogP contribution in [0.5, 0.6) is 0 Å². The first kappa shape index (κ1) is 23.1. The SMILES string of the molecule is CC(C)(C)C(C)(C)C(=O)OO.CC(C)C(=O)OOC(C)(C)C. The molecule has 0 saturated heterocycles. The molecule has 6 heteroatoms. The number of carbonyl (C=O) groups is 2. The molecule has 0 aromatic heterocycles. The van der Waals surface area contributed by atoms with Crippen LogP contribution in [0.3, 0.4) is 0 Å². The fourth-order valence-corrected chi connectivity index (χ4v) is 0.683. The Morgan fingerprint density at radius 3 is 1.50 bits per heavy atom. The maximum absolute atomic E-state index is 11.0. The zero-order valence-corrected chi connectivity index (χ0v) is 15.6. The third-order valence-corrected chi connectivity index (χ3v) is 3.31. The molecule has 6 nitrogen and oxygen atoms in total. The second kappa shape index (κ2) is 8.48. The van der Waals surface area contributed by atoms with Crippen molar-refractivity contribution in [2.45, 2.75) is 74.8 Å². The summed E-state index contributed by atoms with van der Waals surface area (Å²) in [6, 6.07) is 0. The smallest absolute Gasteiger partial charge is 0.300 e. The van der Waals surface area contributed by atoms with Gasteiger partial charge < -0.3 is 4.89 Å².